The topological polar surface area (TPSA) is 84.9 Å². The zero-order valence-electron chi connectivity index (χ0n) is 18.2. The number of unbranched alkanes of at least 4 members (excludes halogenated alkanes) is 1. The van der Waals surface area contributed by atoms with E-state index in [-0.39, 0.29) is 30.7 Å². The number of nitrogens with zero attached hydrogens (tertiary/aromatic N) is 1. The lowest BCUT2D eigenvalue weighted by molar-refractivity contribution is -0.116. The highest BCUT2D eigenvalue weighted by molar-refractivity contribution is 6.21. The van der Waals surface area contributed by atoms with Gasteiger partial charge in [-0.1, -0.05) is 25.0 Å². The quantitative estimate of drug-likeness (QED) is 0.456. The molecule has 2 aromatic rings. The second-order valence-corrected chi connectivity index (χ2v) is 7.53. The van der Waals surface area contributed by atoms with Crippen LogP contribution in [-0.4, -0.2) is 42.9 Å². The molecular formula is C24H28N2O5. The number of benzene rings is 2. The highest BCUT2D eigenvalue weighted by Crippen LogP contribution is 2.30. The van der Waals surface area contributed by atoms with E-state index in [1.807, 2.05) is 13.0 Å². The molecule has 164 valence electrons. The molecule has 0 unspecified atom stereocenters. The van der Waals surface area contributed by atoms with E-state index in [2.05, 4.69) is 12.2 Å². The molecule has 0 bridgehead atoms. The molecule has 1 aliphatic rings. The third-order valence-electron chi connectivity index (χ3n) is 5.13. The molecule has 0 aromatic heterocycles. The number of anilines is 1. The van der Waals surface area contributed by atoms with Gasteiger partial charge in [-0.2, -0.15) is 0 Å². The van der Waals surface area contributed by atoms with Gasteiger partial charge < -0.3 is 14.8 Å². The molecule has 0 aliphatic carbocycles. The number of methoxy groups -OCH3 is 1. The molecule has 2 aromatic carbocycles. The summed E-state index contributed by atoms with van der Waals surface area (Å²) < 4.78 is 11.0. The van der Waals surface area contributed by atoms with Gasteiger partial charge in [-0.15, -0.1) is 0 Å². The van der Waals surface area contributed by atoms with Gasteiger partial charge in [-0.25, -0.2) is 0 Å². The van der Waals surface area contributed by atoms with Crippen molar-refractivity contribution in [1.82, 2.24) is 4.90 Å². The van der Waals surface area contributed by atoms with Gasteiger partial charge in [0.1, 0.15) is 11.5 Å². The number of hydrogen-bond donors (Lipinski definition) is 1. The average Bonchev–Trinajstić information content (AvgIpc) is 2.99. The first-order valence-corrected chi connectivity index (χ1v) is 10.5. The molecule has 0 saturated heterocycles. The van der Waals surface area contributed by atoms with Gasteiger partial charge in [-0.05, 0) is 44.0 Å². The van der Waals surface area contributed by atoms with Crippen molar-refractivity contribution in [3.63, 3.8) is 0 Å². The van der Waals surface area contributed by atoms with Crippen molar-refractivity contribution in [3.8, 4) is 11.5 Å². The first kappa shape index (κ1) is 22.3. The minimum atomic E-state index is -0.306. The van der Waals surface area contributed by atoms with Crippen LogP contribution in [0, 0.1) is 6.92 Å². The van der Waals surface area contributed by atoms with E-state index in [1.165, 1.54) is 4.90 Å². The maximum atomic E-state index is 12.5. The molecule has 0 spiro atoms. The Balaban J connectivity index is 1.57. The Morgan fingerprint density at radius 2 is 1.81 bits per heavy atom. The number of rotatable bonds is 10. The lowest BCUT2D eigenvalue weighted by Gasteiger charge is -2.15. The van der Waals surface area contributed by atoms with Gasteiger partial charge >= 0.3 is 0 Å². The third-order valence-corrected chi connectivity index (χ3v) is 5.13. The van der Waals surface area contributed by atoms with Gasteiger partial charge in [0.25, 0.3) is 11.8 Å². The number of nitrogens with one attached hydrogen (secondary N) is 1. The summed E-state index contributed by atoms with van der Waals surface area (Å²) in [4.78, 5) is 38.7. The summed E-state index contributed by atoms with van der Waals surface area (Å²) in [6.07, 6.45) is 2.46. The zero-order valence-corrected chi connectivity index (χ0v) is 18.2. The van der Waals surface area contributed by atoms with Crippen molar-refractivity contribution in [2.24, 2.45) is 0 Å². The number of hydrogen-bond acceptors (Lipinski definition) is 5. The summed E-state index contributed by atoms with van der Waals surface area (Å²) in [5, 5.41) is 2.85. The first-order valence-electron chi connectivity index (χ1n) is 10.5. The highest BCUT2D eigenvalue weighted by Gasteiger charge is 2.34. The number of aryl methyl sites for hydroxylation is 1. The van der Waals surface area contributed by atoms with Crippen molar-refractivity contribution in [2.45, 2.75) is 39.5 Å². The standard InChI is InChI=1S/C24H28N2O5/c1-4-5-13-31-21-11-9-17(30-3)15-20(21)25-22(27)7-6-12-26-23(28)18-10-8-16(2)14-19(18)24(26)29/h8-11,14-15H,4-7,12-13H2,1-3H3,(H,25,27). The number of ether oxygens (including phenoxy) is 2. The molecule has 7 nitrogen and oxygen atoms in total. The smallest absolute Gasteiger partial charge is 0.261 e. The fraction of sp³-hybridized carbons (Fsp3) is 0.375. The zero-order chi connectivity index (χ0) is 22.4. The van der Waals surface area contributed by atoms with Crippen LogP contribution in [0.4, 0.5) is 5.69 Å². The van der Waals surface area contributed by atoms with Crippen LogP contribution in [0.1, 0.15) is 58.9 Å². The first-order chi connectivity index (χ1) is 14.9. The monoisotopic (exact) mass is 424 g/mol. The number of fused-ring (bicyclic) bond motifs is 1. The predicted molar refractivity (Wildman–Crippen MR) is 118 cm³/mol. The van der Waals surface area contributed by atoms with Gasteiger partial charge in [0, 0.05) is 19.0 Å². The van der Waals surface area contributed by atoms with Crippen molar-refractivity contribution >= 4 is 23.4 Å². The van der Waals surface area contributed by atoms with Crippen LogP contribution in [0.25, 0.3) is 0 Å². The van der Waals surface area contributed by atoms with E-state index < -0.39 is 0 Å². The minimum absolute atomic E-state index is 0.165. The van der Waals surface area contributed by atoms with Crippen LogP contribution in [0.3, 0.4) is 0 Å². The van der Waals surface area contributed by atoms with E-state index >= 15 is 0 Å². The van der Waals surface area contributed by atoms with Gasteiger partial charge in [0.15, 0.2) is 0 Å². The van der Waals surface area contributed by atoms with Crippen molar-refractivity contribution in [1.29, 1.82) is 0 Å². The second kappa shape index (κ2) is 10.1. The summed E-state index contributed by atoms with van der Waals surface area (Å²) in [5.41, 5.74) is 2.32. The SMILES string of the molecule is CCCCOc1ccc(OC)cc1NC(=O)CCCN1C(=O)c2ccc(C)cc2C1=O. The number of carbonyl (C=O) groups is 3. The second-order valence-electron chi connectivity index (χ2n) is 7.53. The summed E-state index contributed by atoms with van der Waals surface area (Å²) in [5.74, 6) is 0.363. The lowest BCUT2D eigenvalue weighted by atomic mass is 10.1. The normalized spacial score (nSPS) is 12.7. The van der Waals surface area contributed by atoms with E-state index in [1.54, 1.807) is 37.4 Å². The Labute approximate surface area is 182 Å². The molecule has 0 saturated carbocycles. The molecule has 1 N–H and O–H groups in total. The summed E-state index contributed by atoms with van der Waals surface area (Å²) >= 11 is 0. The Morgan fingerprint density at radius 3 is 2.55 bits per heavy atom. The molecule has 1 heterocycles. The summed E-state index contributed by atoms with van der Waals surface area (Å²) in [7, 11) is 1.56. The molecule has 31 heavy (non-hydrogen) atoms. The van der Waals surface area contributed by atoms with E-state index in [4.69, 9.17) is 9.47 Å². The lowest BCUT2D eigenvalue weighted by Crippen LogP contribution is -2.31. The van der Waals surface area contributed by atoms with Crippen LogP contribution in [0.5, 0.6) is 11.5 Å². The molecule has 0 fully saturated rings. The van der Waals surface area contributed by atoms with Crippen LogP contribution in [-0.2, 0) is 4.79 Å². The predicted octanol–water partition coefficient (Wildman–Crippen LogP) is 4.20. The molecule has 0 radical (unpaired) electrons. The fourth-order valence-electron chi connectivity index (χ4n) is 3.40. The summed E-state index contributed by atoms with van der Waals surface area (Å²) in [6.45, 7) is 4.71. The van der Waals surface area contributed by atoms with Crippen molar-refractivity contribution in [2.75, 3.05) is 25.6 Å². The molecule has 0 atom stereocenters. The van der Waals surface area contributed by atoms with E-state index in [0.29, 0.717) is 41.3 Å². The number of carbonyl (C=O) groups excluding carboxylic acids is 3. The molecule has 3 amide bonds. The maximum absolute atomic E-state index is 12.5. The van der Waals surface area contributed by atoms with Gasteiger partial charge in [0.2, 0.25) is 5.91 Å². The van der Waals surface area contributed by atoms with Gasteiger partial charge in [-0.3, -0.25) is 19.3 Å². The van der Waals surface area contributed by atoms with E-state index in [0.717, 1.165) is 18.4 Å². The van der Waals surface area contributed by atoms with Crippen molar-refractivity contribution < 1.29 is 23.9 Å². The molecule has 1 aliphatic heterocycles. The maximum Gasteiger partial charge on any atom is 0.261 e. The van der Waals surface area contributed by atoms with Gasteiger partial charge in [0.05, 0.1) is 30.5 Å². The Morgan fingerprint density at radius 1 is 1.03 bits per heavy atom. The highest BCUT2D eigenvalue weighted by atomic mass is 16.5. The third kappa shape index (κ3) is 5.23. The molecular weight excluding hydrogens is 396 g/mol. The van der Waals surface area contributed by atoms with Crippen LogP contribution in [0.2, 0.25) is 0 Å². The Kier molecular flexibility index (Phi) is 7.28. The number of amides is 3. The van der Waals surface area contributed by atoms with E-state index in [9.17, 15) is 14.4 Å². The molecule has 3 rings (SSSR count). The number of imide groups is 1. The Hall–Kier alpha value is -3.35. The van der Waals surface area contributed by atoms with Crippen LogP contribution >= 0.6 is 0 Å². The Bertz CT molecular complexity index is 986. The fourth-order valence-corrected chi connectivity index (χ4v) is 3.40. The summed E-state index contributed by atoms with van der Waals surface area (Å²) in [6, 6.07) is 10.5. The van der Waals surface area contributed by atoms with Crippen molar-refractivity contribution in [3.05, 3.63) is 53.1 Å². The largest absolute Gasteiger partial charge is 0.497 e. The van der Waals surface area contributed by atoms with Crippen LogP contribution < -0.4 is 14.8 Å². The minimum Gasteiger partial charge on any atom is -0.497 e. The molecule has 7 heteroatoms. The average molecular weight is 424 g/mol. The van der Waals surface area contributed by atoms with Crippen LogP contribution in [0.15, 0.2) is 36.4 Å².